The molecule has 1 aliphatic heterocycles. The van der Waals surface area contributed by atoms with E-state index in [0.29, 0.717) is 16.6 Å². The van der Waals surface area contributed by atoms with E-state index >= 15 is 0 Å². The molecule has 0 unspecified atom stereocenters. The number of rotatable bonds is 6. The summed E-state index contributed by atoms with van der Waals surface area (Å²) >= 11 is 5.02. The quantitative estimate of drug-likeness (QED) is 0.274. The molecule has 2 heterocycles. The lowest BCUT2D eigenvalue weighted by Crippen LogP contribution is -2.55. The van der Waals surface area contributed by atoms with Gasteiger partial charge in [0.25, 0.3) is 6.17 Å². The van der Waals surface area contributed by atoms with E-state index in [4.69, 9.17) is 9.84 Å². The highest BCUT2D eigenvalue weighted by atomic mass is 79.9. The average Bonchev–Trinajstić information content (AvgIpc) is 2.73. The molecule has 0 amide bonds. The monoisotopic (exact) mass is 489 g/mol. The number of hydrogen-bond donors (Lipinski definition) is 3. The van der Waals surface area contributed by atoms with E-state index < -0.39 is 6.17 Å². The van der Waals surface area contributed by atoms with Crippen molar-refractivity contribution in [3.8, 4) is 22.8 Å². The molecule has 0 fully saturated rings. The number of hydrogen-bond acceptors (Lipinski definition) is 6. The van der Waals surface area contributed by atoms with Crippen LogP contribution in [0.3, 0.4) is 0 Å². The Bertz CT molecular complexity index is 1150. The zero-order chi connectivity index (χ0) is 21.3. The Morgan fingerprint density at radius 3 is 2.87 bits per heavy atom. The molecule has 0 saturated carbocycles. The van der Waals surface area contributed by atoms with Crippen LogP contribution in [0.4, 0.5) is 5.69 Å². The van der Waals surface area contributed by atoms with Gasteiger partial charge in [-0.25, -0.2) is 0 Å². The van der Waals surface area contributed by atoms with Crippen LogP contribution in [0.15, 0.2) is 50.8 Å². The third-order valence-electron chi connectivity index (χ3n) is 4.89. The molecule has 7 nitrogen and oxygen atoms in total. The fraction of sp³-hybridized carbons (Fsp3) is 0.286. The fourth-order valence-corrected chi connectivity index (χ4v) is 4.69. The van der Waals surface area contributed by atoms with Crippen molar-refractivity contribution in [2.75, 3.05) is 18.2 Å². The maximum Gasteiger partial charge on any atom is 0.325 e. The van der Waals surface area contributed by atoms with Gasteiger partial charge in [-0.15, -0.1) is 0 Å². The number of benzene rings is 2. The minimum Gasteiger partial charge on any atom is -0.504 e. The van der Waals surface area contributed by atoms with Crippen LogP contribution in [0.25, 0.3) is 11.3 Å². The first kappa shape index (κ1) is 20.7. The van der Waals surface area contributed by atoms with Crippen molar-refractivity contribution in [3.63, 3.8) is 0 Å². The molecule has 30 heavy (non-hydrogen) atoms. The van der Waals surface area contributed by atoms with Gasteiger partial charge in [-0.1, -0.05) is 41.0 Å². The molecule has 0 spiro atoms. The van der Waals surface area contributed by atoms with Crippen molar-refractivity contribution in [1.29, 1.82) is 0 Å². The zero-order valence-corrected chi connectivity index (χ0v) is 19.0. The van der Waals surface area contributed by atoms with E-state index in [-0.39, 0.29) is 11.3 Å². The molecule has 3 aromatic rings. The van der Waals surface area contributed by atoms with Crippen molar-refractivity contribution in [2.24, 2.45) is 0 Å². The number of unbranched alkanes of at least 4 members (excludes halogenated alkanes) is 1. The van der Waals surface area contributed by atoms with Crippen LogP contribution in [0, 0.1) is 0 Å². The van der Waals surface area contributed by atoms with Gasteiger partial charge in [0.1, 0.15) is 0 Å². The SMILES string of the molecule is CCCCSc1n[n+]2c(c(=O)[nH]1)-c1cc(Br)ccc1N[C@H]2c1ccc(OC)c(O)c1. The summed E-state index contributed by atoms with van der Waals surface area (Å²) in [5, 5.41) is 19.0. The number of halogens is 1. The second kappa shape index (κ2) is 8.69. The first-order valence-corrected chi connectivity index (χ1v) is 11.4. The Hall–Kier alpha value is -2.52. The summed E-state index contributed by atoms with van der Waals surface area (Å²) in [6.45, 7) is 2.13. The normalized spacial score (nSPS) is 14.6. The number of aromatic nitrogens is 3. The number of phenolic OH excluding ortho intramolecular Hbond substituents is 1. The highest BCUT2D eigenvalue weighted by molar-refractivity contribution is 9.10. The largest absolute Gasteiger partial charge is 0.504 e. The van der Waals surface area contributed by atoms with E-state index in [1.165, 1.54) is 18.9 Å². The lowest BCUT2D eigenvalue weighted by Gasteiger charge is -2.23. The third kappa shape index (κ3) is 3.91. The second-order valence-electron chi connectivity index (χ2n) is 6.92. The summed E-state index contributed by atoms with van der Waals surface area (Å²) < 4.78 is 7.73. The Labute approximate surface area is 186 Å². The fourth-order valence-electron chi connectivity index (χ4n) is 3.39. The predicted octanol–water partition coefficient (Wildman–Crippen LogP) is 4.07. The van der Waals surface area contributed by atoms with Crippen LogP contribution in [0.2, 0.25) is 0 Å². The minimum absolute atomic E-state index is 0.0305. The van der Waals surface area contributed by atoms with Gasteiger partial charge in [0.2, 0.25) is 5.16 Å². The number of fused-ring (bicyclic) bond motifs is 3. The van der Waals surface area contributed by atoms with Gasteiger partial charge in [0, 0.05) is 20.9 Å². The number of methoxy groups -OCH3 is 1. The van der Waals surface area contributed by atoms with Crippen LogP contribution >= 0.6 is 27.7 Å². The van der Waals surface area contributed by atoms with Gasteiger partial charge in [-0.2, -0.15) is 0 Å². The number of phenols is 1. The molecule has 3 N–H and O–H groups in total. The molecule has 4 rings (SSSR count). The van der Waals surface area contributed by atoms with Gasteiger partial charge >= 0.3 is 11.3 Å². The van der Waals surface area contributed by atoms with Crippen LogP contribution in [0.1, 0.15) is 31.5 Å². The van der Waals surface area contributed by atoms with Gasteiger partial charge in [0.05, 0.1) is 18.4 Å². The summed E-state index contributed by atoms with van der Waals surface area (Å²) in [6.07, 6.45) is 1.66. The lowest BCUT2D eigenvalue weighted by atomic mass is 10.0. The molecular weight excluding hydrogens is 468 g/mol. The molecule has 0 radical (unpaired) electrons. The maximum absolute atomic E-state index is 13.1. The van der Waals surface area contributed by atoms with Crippen molar-refractivity contribution < 1.29 is 14.5 Å². The Kier molecular flexibility index (Phi) is 6.01. The molecule has 9 heteroatoms. The maximum atomic E-state index is 13.1. The standard InChI is InChI=1S/C21H21BrN4O3S/c1-3-4-9-30-21-24-20(28)18-14-11-13(22)6-7-15(14)23-19(26(18)25-21)12-5-8-17(29-2)16(27)10-12/h5-8,10-11,19H,3-4,9H2,1-2H3,(H2,24,25,27,28)/p+1/t19-/m1/s1. The summed E-state index contributed by atoms with van der Waals surface area (Å²) in [4.78, 5) is 16.0. The highest BCUT2D eigenvalue weighted by Gasteiger charge is 2.38. The van der Waals surface area contributed by atoms with E-state index in [1.807, 2.05) is 24.3 Å². The number of anilines is 1. The molecule has 1 aliphatic rings. The Balaban J connectivity index is 1.87. The minimum atomic E-state index is -0.460. The zero-order valence-electron chi connectivity index (χ0n) is 16.6. The van der Waals surface area contributed by atoms with Crippen molar-refractivity contribution >= 4 is 33.4 Å². The smallest absolute Gasteiger partial charge is 0.325 e. The topological polar surface area (TPSA) is 91.1 Å². The molecule has 0 saturated heterocycles. The second-order valence-corrected chi connectivity index (χ2v) is 8.92. The first-order chi connectivity index (χ1) is 14.5. The number of aromatic hydroxyl groups is 1. The highest BCUT2D eigenvalue weighted by Crippen LogP contribution is 2.36. The molecule has 0 aliphatic carbocycles. The van der Waals surface area contributed by atoms with E-state index in [0.717, 1.165) is 39.9 Å². The summed E-state index contributed by atoms with van der Waals surface area (Å²) in [5.41, 5.74) is 2.60. The van der Waals surface area contributed by atoms with Crippen LogP contribution in [-0.4, -0.2) is 28.1 Å². The van der Waals surface area contributed by atoms with Gasteiger partial charge in [-0.05, 0) is 47.5 Å². The summed E-state index contributed by atoms with van der Waals surface area (Å²) in [6, 6.07) is 10.9. The molecule has 1 atom stereocenters. The van der Waals surface area contributed by atoms with Crippen molar-refractivity contribution in [2.45, 2.75) is 31.1 Å². The molecule has 0 bridgehead atoms. The molecule has 2 aromatic carbocycles. The third-order valence-corrected chi connectivity index (χ3v) is 6.34. The summed E-state index contributed by atoms with van der Waals surface area (Å²) in [5.74, 6) is 1.30. The number of ether oxygens (including phenoxy) is 1. The number of H-pyrrole nitrogens is 1. The van der Waals surface area contributed by atoms with Crippen LogP contribution in [-0.2, 0) is 0 Å². The molecule has 1 aromatic heterocycles. The number of nitrogens with one attached hydrogen (secondary N) is 2. The predicted molar refractivity (Wildman–Crippen MR) is 120 cm³/mol. The van der Waals surface area contributed by atoms with E-state index in [1.54, 1.807) is 16.8 Å². The number of nitrogens with zero attached hydrogens (tertiary/aromatic N) is 2. The van der Waals surface area contributed by atoms with Crippen LogP contribution < -0.4 is 20.3 Å². The number of thioether (sulfide) groups is 1. The van der Waals surface area contributed by atoms with E-state index in [9.17, 15) is 9.90 Å². The van der Waals surface area contributed by atoms with E-state index in [2.05, 4.69) is 33.2 Å². The molecule has 156 valence electrons. The molecular formula is C21H22BrN4O3S+. The van der Waals surface area contributed by atoms with Gasteiger partial charge < -0.3 is 15.2 Å². The Morgan fingerprint density at radius 2 is 2.13 bits per heavy atom. The Morgan fingerprint density at radius 1 is 1.30 bits per heavy atom. The summed E-state index contributed by atoms with van der Waals surface area (Å²) in [7, 11) is 1.51. The van der Waals surface area contributed by atoms with Crippen molar-refractivity contribution in [3.05, 3.63) is 56.8 Å². The number of aromatic amines is 1. The lowest BCUT2D eigenvalue weighted by molar-refractivity contribution is -0.759. The van der Waals surface area contributed by atoms with Crippen LogP contribution in [0.5, 0.6) is 11.5 Å². The van der Waals surface area contributed by atoms with Gasteiger partial charge in [0.15, 0.2) is 11.5 Å². The average molecular weight is 490 g/mol. The first-order valence-electron chi connectivity index (χ1n) is 9.64. The van der Waals surface area contributed by atoms with Gasteiger partial charge in [-0.3, -0.25) is 9.78 Å². The van der Waals surface area contributed by atoms with Crippen molar-refractivity contribution in [1.82, 2.24) is 10.1 Å².